The highest BCUT2D eigenvalue weighted by atomic mass is 32.2. The van der Waals surface area contributed by atoms with E-state index in [2.05, 4.69) is 10.0 Å². The number of nitrogens with two attached hydrogens (primary N) is 1. The summed E-state index contributed by atoms with van der Waals surface area (Å²) in [4.78, 5) is 0. The number of nitrogens with one attached hydrogen (secondary N) is 2. The van der Waals surface area contributed by atoms with E-state index >= 15 is 0 Å². The minimum atomic E-state index is -3.35. The summed E-state index contributed by atoms with van der Waals surface area (Å²) < 4.78 is 30.2. The molecule has 0 unspecified atom stereocenters. The maximum Gasteiger partial charge on any atom is 0.229 e. The molecule has 1 aliphatic carbocycles. The van der Waals surface area contributed by atoms with E-state index in [1.165, 1.54) is 7.11 Å². The Labute approximate surface area is 123 Å². The Kier molecular flexibility index (Phi) is 3.79. The van der Waals surface area contributed by atoms with Gasteiger partial charge in [-0.1, -0.05) is 6.07 Å². The SMILES string of the molecule is COc1cc(C2(NC(N)=S)CC2)ccc1NS(C)(=O)=O. The molecule has 0 radical (unpaired) electrons. The Hall–Kier alpha value is -1.54. The number of anilines is 1. The van der Waals surface area contributed by atoms with E-state index in [4.69, 9.17) is 22.7 Å². The van der Waals surface area contributed by atoms with Gasteiger partial charge in [-0.3, -0.25) is 4.72 Å². The molecule has 1 aromatic carbocycles. The smallest absolute Gasteiger partial charge is 0.229 e. The third-order valence-corrected chi connectivity index (χ3v) is 3.85. The van der Waals surface area contributed by atoms with Gasteiger partial charge >= 0.3 is 0 Å². The van der Waals surface area contributed by atoms with Crippen molar-refractivity contribution >= 4 is 33.0 Å². The first kappa shape index (κ1) is 14.9. The first-order valence-electron chi connectivity index (χ1n) is 6.00. The number of ether oxygens (including phenoxy) is 1. The van der Waals surface area contributed by atoms with Crippen LogP contribution in [0.15, 0.2) is 18.2 Å². The number of benzene rings is 1. The zero-order valence-electron chi connectivity index (χ0n) is 11.3. The van der Waals surface area contributed by atoms with Crippen molar-refractivity contribution in [2.45, 2.75) is 18.4 Å². The van der Waals surface area contributed by atoms with Crippen molar-refractivity contribution in [3.8, 4) is 5.75 Å². The van der Waals surface area contributed by atoms with Crippen molar-refractivity contribution in [3.05, 3.63) is 23.8 Å². The van der Waals surface area contributed by atoms with E-state index in [0.717, 1.165) is 24.7 Å². The number of hydrogen-bond acceptors (Lipinski definition) is 4. The molecule has 1 aliphatic rings. The largest absolute Gasteiger partial charge is 0.495 e. The van der Waals surface area contributed by atoms with Crippen molar-refractivity contribution in [1.82, 2.24) is 5.32 Å². The fourth-order valence-corrected chi connectivity index (χ4v) is 2.88. The lowest BCUT2D eigenvalue weighted by atomic mass is 10.0. The topological polar surface area (TPSA) is 93.4 Å². The Balaban J connectivity index is 2.33. The van der Waals surface area contributed by atoms with Crippen LogP contribution in [-0.4, -0.2) is 26.9 Å². The lowest BCUT2D eigenvalue weighted by Gasteiger charge is -2.20. The molecule has 1 saturated carbocycles. The van der Waals surface area contributed by atoms with Crippen molar-refractivity contribution in [2.75, 3.05) is 18.1 Å². The van der Waals surface area contributed by atoms with Gasteiger partial charge in [-0.25, -0.2) is 8.42 Å². The van der Waals surface area contributed by atoms with Crippen molar-refractivity contribution in [3.63, 3.8) is 0 Å². The molecule has 20 heavy (non-hydrogen) atoms. The number of thiocarbonyl (C=S) groups is 1. The van der Waals surface area contributed by atoms with Gasteiger partial charge in [0.1, 0.15) is 5.75 Å². The van der Waals surface area contributed by atoms with Gasteiger partial charge in [-0.05, 0) is 42.8 Å². The van der Waals surface area contributed by atoms with Gasteiger partial charge in [0.2, 0.25) is 10.0 Å². The molecule has 0 heterocycles. The molecule has 0 aromatic heterocycles. The van der Waals surface area contributed by atoms with Crippen molar-refractivity contribution < 1.29 is 13.2 Å². The van der Waals surface area contributed by atoms with Gasteiger partial charge in [-0.2, -0.15) is 0 Å². The molecule has 4 N–H and O–H groups in total. The second-order valence-electron chi connectivity index (χ2n) is 4.86. The van der Waals surface area contributed by atoms with Crippen LogP contribution in [0.1, 0.15) is 18.4 Å². The molecule has 0 bridgehead atoms. The van der Waals surface area contributed by atoms with Gasteiger partial charge in [0.15, 0.2) is 5.11 Å². The van der Waals surface area contributed by atoms with Crippen LogP contribution in [0.4, 0.5) is 5.69 Å². The lowest BCUT2D eigenvalue weighted by molar-refractivity contribution is 0.415. The normalized spacial score (nSPS) is 16.3. The molecule has 6 nitrogen and oxygen atoms in total. The maximum absolute atomic E-state index is 11.3. The average Bonchev–Trinajstić information content (AvgIpc) is 3.07. The van der Waals surface area contributed by atoms with E-state index in [1.54, 1.807) is 12.1 Å². The predicted molar refractivity (Wildman–Crippen MR) is 82.3 cm³/mol. The first-order chi connectivity index (χ1) is 9.26. The fraction of sp³-hybridized carbons (Fsp3) is 0.417. The highest BCUT2D eigenvalue weighted by Gasteiger charge is 2.45. The van der Waals surface area contributed by atoms with Crippen LogP contribution in [0.3, 0.4) is 0 Å². The highest BCUT2D eigenvalue weighted by Crippen LogP contribution is 2.47. The molecule has 2 rings (SSSR count). The molecule has 0 atom stereocenters. The molecule has 0 aliphatic heterocycles. The number of rotatable bonds is 5. The quantitative estimate of drug-likeness (QED) is 0.699. The molecular formula is C12H17N3O3S2. The summed E-state index contributed by atoms with van der Waals surface area (Å²) in [6, 6.07) is 5.32. The average molecular weight is 315 g/mol. The summed E-state index contributed by atoms with van der Waals surface area (Å²) in [6.07, 6.45) is 2.94. The standard InChI is InChI=1S/C12H17N3O3S2/c1-18-10-7-8(12(5-6-12)14-11(13)19)3-4-9(10)15-20(2,16)17/h3-4,7,15H,5-6H2,1-2H3,(H3,13,14,19). The van der Waals surface area contributed by atoms with Gasteiger partial charge in [0, 0.05) is 0 Å². The summed E-state index contributed by atoms with van der Waals surface area (Å²) in [5.41, 5.74) is 6.67. The van der Waals surface area contributed by atoms with Crippen LogP contribution in [-0.2, 0) is 15.6 Å². The van der Waals surface area contributed by atoms with Crippen LogP contribution < -0.4 is 20.5 Å². The van der Waals surface area contributed by atoms with E-state index in [0.29, 0.717) is 11.4 Å². The van der Waals surface area contributed by atoms with E-state index in [9.17, 15) is 8.42 Å². The van der Waals surface area contributed by atoms with Crippen LogP contribution in [0.25, 0.3) is 0 Å². The van der Waals surface area contributed by atoms with Crippen LogP contribution in [0.5, 0.6) is 5.75 Å². The van der Waals surface area contributed by atoms with Crippen molar-refractivity contribution in [1.29, 1.82) is 0 Å². The molecule has 110 valence electrons. The lowest BCUT2D eigenvalue weighted by Crippen LogP contribution is -2.38. The number of hydrogen-bond donors (Lipinski definition) is 3. The monoisotopic (exact) mass is 315 g/mol. The Morgan fingerprint density at radius 3 is 2.55 bits per heavy atom. The molecule has 1 fully saturated rings. The Morgan fingerprint density at radius 1 is 1.45 bits per heavy atom. The summed E-state index contributed by atoms with van der Waals surface area (Å²) >= 11 is 4.89. The molecule has 8 heteroatoms. The van der Waals surface area contributed by atoms with Gasteiger partial charge in [0.25, 0.3) is 0 Å². The van der Waals surface area contributed by atoms with E-state index in [-0.39, 0.29) is 10.7 Å². The van der Waals surface area contributed by atoms with Gasteiger partial charge in [-0.15, -0.1) is 0 Å². The Morgan fingerprint density at radius 2 is 2.10 bits per heavy atom. The second kappa shape index (κ2) is 5.10. The third kappa shape index (κ3) is 3.31. The zero-order chi connectivity index (χ0) is 15.0. The fourth-order valence-electron chi connectivity index (χ4n) is 2.12. The molecule has 0 amide bonds. The number of methoxy groups -OCH3 is 1. The second-order valence-corrected chi connectivity index (χ2v) is 7.05. The maximum atomic E-state index is 11.3. The molecular weight excluding hydrogens is 298 g/mol. The van der Waals surface area contributed by atoms with Gasteiger partial charge < -0.3 is 15.8 Å². The summed E-state index contributed by atoms with van der Waals surface area (Å²) in [6.45, 7) is 0. The Bertz CT molecular complexity index is 639. The van der Waals surface area contributed by atoms with Crippen LogP contribution in [0, 0.1) is 0 Å². The first-order valence-corrected chi connectivity index (χ1v) is 8.30. The number of sulfonamides is 1. The van der Waals surface area contributed by atoms with Crippen molar-refractivity contribution in [2.24, 2.45) is 5.73 Å². The van der Waals surface area contributed by atoms with Gasteiger partial charge in [0.05, 0.1) is 24.6 Å². The van der Waals surface area contributed by atoms with E-state index < -0.39 is 10.0 Å². The van der Waals surface area contributed by atoms with Crippen LogP contribution >= 0.6 is 12.2 Å². The predicted octanol–water partition coefficient (Wildman–Crippen LogP) is 0.889. The zero-order valence-corrected chi connectivity index (χ0v) is 12.9. The van der Waals surface area contributed by atoms with E-state index in [1.807, 2.05) is 6.07 Å². The minimum absolute atomic E-state index is 0.247. The molecule has 1 aromatic rings. The highest BCUT2D eigenvalue weighted by molar-refractivity contribution is 7.92. The van der Waals surface area contributed by atoms with Crippen LogP contribution in [0.2, 0.25) is 0 Å². The molecule has 0 saturated heterocycles. The molecule has 0 spiro atoms. The third-order valence-electron chi connectivity index (χ3n) is 3.16. The summed E-state index contributed by atoms with van der Waals surface area (Å²) in [5, 5.41) is 3.33. The minimum Gasteiger partial charge on any atom is -0.495 e. The summed E-state index contributed by atoms with van der Waals surface area (Å²) in [5.74, 6) is 0.462. The summed E-state index contributed by atoms with van der Waals surface area (Å²) in [7, 11) is -1.85.